The van der Waals surface area contributed by atoms with Crippen molar-refractivity contribution in [3.8, 4) is 11.5 Å². The summed E-state index contributed by atoms with van der Waals surface area (Å²) >= 11 is 9.34. The molecule has 0 saturated heterocycles. The molecule has 2 rings (SSSR count). The Morgan fingerprint density at radius 3 is 2.26 bits per heavy atom. The summed E-state index contributed by atoms with van der Waals surface area (Å²) in [6, 6.07) is 7.18. The molecule has 10 heteroatoms. The van der Waals surface area contributed by atoms with Crippen LogP contribution in [0.4, 0.5) is 5.69 Å². The van der Waals surface area contributed by atoms with Gasteiger partial charge in [0.2, 0.25) is 0 Å². The second-order valence-electron chi connectivity index (χ2n) is 5.64. The van der Waals surface area contributed by atoms with Gasteiger partial charge in [-0.05, 0) is 40.2 Å². The van der Waals surface area contributed by atoms with Crippen molar-refractivity contribution in [3.05, 3.63) is 45.4 Å². The predicted molar refractivity (Wildman–Crippen MR) is 108 cm³/mol. The van der Waals surface area contributed by atoms with Crippen molar-refractivity contribution in [1.29, 1.82) is 0 Å². The largest absolute Gasteiger partial charge is 0.493 e. The zero-order chi connectivity index (χ0) is 20.4. The predicted octanol–water partition coefficient (Wildman–Crippen LogP) is 3.62. The maximum absolute atomic E-state index is 12.9. The van der Waals surface area contributed by atoms with Gasteiger partial charge in [-0.25, -0.2) is 8.42 Å². The van der Waals surface area contributed by atoms with E-state index in [-0.39, 0.29) is 31.7 Å². The van der Waals surface area contributed by atoms with Gasteiger partial charge in [-0.15, -0.1) is 0 Å². The van der Waals surface area contributed by atoms with Crippen molar-refractivity contribution >= 4 is 49.1 Å². The van der Waals surface area contributed by atoms with E-state index in [2.05, 4.69) is 20.7 Å². The van der Waals surface area contributed by atoms with E-state index in [9.17, 15) is 13.2 Å². The lowest BCUT2D eigenvalue weighted by Crippen LogP contribution is -2.22. The number of ether oxygens (including phenoxy) is 2. The molecule has 0 aliphatic heterocycles. The lowest BCUT2D eigenvalue weighted by atomic mass is 10.2. The quantitative estimate of drug-likeness (QED) is 0.687. The van der Waals surface area contributed by atoms with Gasteiger partial charge in [-0.2, -0.15) is 0 Å². The first-order valence-corrected chi connectivity index (χ1v) is 10.2. The Hall–Kier alpha value is -1.97. The Morgan fingerprint density at radius 2 is 1.70 bits per heavy atom. The first kappa shape index (κ1) is 21.3. The molecule has 0 atom stereocenters. The third-order valence-corrected chi connectivity index (χ3v) is 6.24. The van der Waals surface area contributed by atoms with E-state index in [1.165, 1.54) is 49.5 Å². The number of methoxy groups -OCH3 is 2. The molecule has 0 saturated carbocycles. The maximum Gasteiger partial charge on any atom is 0.263 e. The van der Waals surface area contributed by atoms with Gasteiger partial charge in [0.25, 0.3) is 15.9 Å². The second kappa shape index (κ2) is 8.37. The molecule has 7 nitrogen and oxygen atoms in total. The second-order valence-corrected chi connectivity index (χ2v) is 8.55. The van der Waals surface area contributed by atoms with Gasteiger partial charge in [0, 0.05) is 30.2 Å². The van der Waals surface area contributed by atoms with Gasteiger partial charge in [0.1, 0.15) is 4.90 Å². The first-order chi connectivity index (χ1) is 12.6. The fourth-order valence-electron chi connectivity index (χ4n) is 2.24. The molecule has 27 heavy (non-hydrogen) atoms. The summed E-state index contributed by atoms with van der Waals surface area (Å²) in [4.78, 5) is 13.4. The normalized spacial score (nSPS) is 11.0. The number of amides is 1. The molecule has 0 heterocycles. The summed E-state index contributed by atoms with van der Waals surface area (Å²) in [5.74, 6) is 0.350. The van der Waals surface area contributed by atoms with E-state index in [0.717, 1.165) is 0 Å². The van der Waals surface area contributed by atoms with E-state index >= 15 is 0 Å². The van der Waals surface area contributed by atoms with Gasteiger partial charge in [-0.3, -0.25) is 9.52 Å². The zero-order valence-electron chi connectivity index (χ0n) is 15.0. The summed E-state index contributed by atoms with van der Waals surface area (Å²) in [7, 11) is 2.02. The van der Waals surface area contributed by atoms with Crippen molar-refractivity contribution in [3.63, 3.8) is 0 Å². The number of anilines is 1. The molecule has 0 aliphatic rings. The molecular formula is C17H18BrClN2O5S. The summed E-state index contributed by atoms with van der Waals surface area (Å²) < 4.78 is 38.7. The molecule has 1 N–H and O–H groups in total. The number of hydrogen-bond donors (Lipinski definition) is 1. The minimum Gasteiger partial charge on any atom is -0.493 e. The Bertz CT molecular complexity index is 980. The van der Waals surface area contributed by atoms with Crippen molar-refractivity contribution in [2.24, 2.45) is 0 Å². The number of nitrogens with zero attached hydrogens (tertiary/aromatic N) is 1. The van der Waals surface area contributed by atoms with Crippen molar-refractivity contribution in [1.82, 2.24) is 4.90 Å². The van der Waals surface area contributed by atoms with Gasteiger partial charge in [0.15, 0.2) is 11.5 Å². The number of sulfonamides is 1. The molecule has 0 spiro atoms. The highest BCUT2D eigenvalue weighted by molar-refractivity contribution is 9.10. The Kier molecular flexibility index (Phi) is 6.61. The lowest BCUT2D eigenvalue weighted by Gasteiger charge is -2.15. The number of hydrogen-bond acceptors (Lipinski definition) is 5. The van der Waals surface area contributed by atoms with Crippen molar-refractivity contribution < 1.29 is 22.7 Å². The van der Waals surface area contributed by atoms with Crippen LogP contribution in [0.5, 0.6) is 11.5 Å². The van der Waals surface area contributed by atoms with Crippen LogP contribution in [-0.2, 0) is 10.0 Å². The lowest BCUT2D eigenvalue weighted by molar-refractivity contribution is 0.0827. The number of nitrogens with one attached hydrogen (secondary N) is 1. The van der Waals surface area contributed by atoms with Crippen LogP contribution >= 0.6 is 27.5 Å². The summed E-state index contributed by atoms with van der Waals surface area (Å²) in [6.45, 7) is 0. The highest BCUT2D eigenvalue weighted by atomic mass is 79.9. The van der Waals surface area contributed by atoms with Crippen molar-refractivity contribution in [2.75, 3.05) is 33.0 Å². The van der Waals surface area contributed by atoms with Gasteiger partial charge in [0.05, 0.1) is 24.9 Å². The molecule has 0 unspecified atom stereocenters. The Labute approximate surface area is 171 Å². The molecule has 0 aliphatic carbocycles. The molecule has 0 fully saturated rings. The van der Waals surface area contributed by atoms with Crippen LogP contribution in [0.15, 0.2) is 39.7 Å². The van der Waals surface area contributed by atoms with Crippen LogP contribution < -0.4 is 14.2 Å². The zero-order valence-corrected chi connectivity index (χ0v) is 18.2. The fourth-order valence-corrected chi connectivity index (χ4v) is 4.56. The van der Waals surface area contributed by atoms with Crippen molar-refractivity contribution in [2.45, 2.75) is 4.90 Å². The number of benzene rings is 2. The van der Waals surface area contributed by atoms with E-state index in [1.54, 1.807) is 14.1 Å². The van der Waals surface area contributed by atoms with Gasteiger partial charge < -0.3 is 14.4 Å². The number of rotatable bonds is 6. The van der Waals surface area contributed by atoms with Crippen LogP contribution in [0.3, 0.4) is 0 Å². The summed E-state index contributed by atoms with van der Waals surface area (Å²) in [5.41, 5.74) is 0.388. The average Bonchev–Trinajstić information content (AvgIpc) is 2.62. The molecule has 0 radical (unpaired) electrons. The van der Waals surface area contributed by atoms with Crippen LogP contribution in [0, 0.1) is 0 Å². The van der Waals surface area contributed by atoms with E-state index in [0.29, 0.717) is 11.3 Å². The summed E-state index contributed by atoms with van der Waals surface area (Å²) in [5, 5.41) is 0.158. The number of carbonyl (C=O) groups excluding carboxylic acids is 1. The minimum absolute atomic E-state index is 0.0689. The fraction of sp³-hybridized carbons (Fsp3) is 0.235. The van der Waals surface area contributed by atoms with Gasteiger partial charge in [-0.1, -0.05) is 11.6 Å². The SMILES string of the molecule is COc1cc(Br)c(S(=O)(=O)Nc2cc(C(=O)N(C)C)ccc2Cl)cc1OC. The summed E-state index contributed by atoms with van der Waals surface area (Å²) in [6.07, 6.45) is 0. The monoisotopic (exact) mass is 476 g/mol. The highest BCUT2D eigenvalue weighted by Gasteiger charge is 2.23. The Morgan fingerprint density at radius 1 is 1.11 bits per heavy atom. The average molecular weight is 478 g/mol. The third kappa shape index (κ3) is 4.66. The molecule has 0 bridgehead atoms. The smallest absolute Gasteiger partial charge is 0.263 e. The number of carbonyl (C=O) groups is 1. The van der Waals surface area contributed by atoms with E-state index in [1.807, 2.05) is 0 Å². The Balaban J connectivity index is 2.48. The molecule has 0 aromatic heterocycles. The molecule has 2 aromatic carbocycles. The first-order valence-electron chi connectivity index (χ1n) is 7.56. The molecule has 1 amide bonds. The van der Waals surface area contributed by atoms with Gasteiger partial charge >= 0.3 is 0 Å². The van der Waals surface area contributed by atoms with E-state index in [4.69, 9.17) is 21.1 Å². The van der Waals surface area contributed by atoms with Crippen LogP contribution in [0.25, 0.3) is 0 Å². The molecule has 146 valence electrons. The van der Waals surface area contributed by atoms with Crippen LogP contribution in [-0.4, -0.2) is 47.5 Å². The maximum atomic E-state index is 12.9. The highest BCUT2D eigenvalue weighted by Crippen LogP contribution is 2.36. The minimum atomic E-state index is -4.03. The van der Waals surface area contributed by atoms with Crippen LogP contribution in [0.1, 0.15) is 10.4 Å². The van der Waals surface area contributed by atoms with E-state index < -0.39 is 10.0 Å². The standard InChI is InChI=1S/C17H18BrClN2O5S/c1-21(2)17(22)10-5-6-12(19)13(7-10)20-27(23,24)16-9-15(26-4)14(25-3)8-11(16)18/h5-9,20H,1-4H3. The molecule has 2 aromatic rings. The topological polar surface area (TPSA) is 84.9 Å². The van der Waals surface area contributed by atoms with Crippen LogP contribution in [0.2, 0.25) is 5.02 Å². The number of halogens is 2. The third-order valence-electron chi connectivity index (χ3n) is 3.59. The molecular weight excluding hydrogens is 460 g/mol.